The molecule has 0 aliphatic carbocycles. The van der Waals surface area contributed by atoms with E-state index in [0.29, 0.717) is 16.1 Å². The highest BCUT2D eigenvalue weighted by molar-refractivity contribution is 6.30. The predicted octanol–water partition coefficient (Wildman–Crippen LogP) is 4.43. The van der Waals surface area contributed by atoms with E-state index in [1.807, 2.05) is 0 Å². The average molecular weight is 370 g/mol. The molecule has 2 aromatic rings. The first kappa shape index (κ1) is 16.1. The summed E-state index contributed by atoms with van der Waals surface area (Å²) in [5.74, 6) is -4.27. The molecular weight excluding hydrogens is 359 g/mol. The largest absolute Gasteiger partial charge is 0.492 e. The van der Waals surface area contributed by atoms with Crippen molar-refractivity contribution in [3.63, 3.8) is 0 Å². The van der Waals surface area contributed by atoms with Crippen LogP contribution in [0, 0.1) is 6.92 Å². The van der Waals surface area contributed by atoms with Crippen LogP contribution in [-0.2, 0) is 11.3 Å². The van der Waals surface area contributed by atoms with Gasteiger partial charge in [-0.2, -0.15) is 13.2 Å². The molecule has 0 saturated heterocycles. The van der Waals surface area contributed by atoms with Crippen molar-refractivity contribution in [2.24, 2.45) is 0 Å². The van der Waals surface area contributed by atoms with Gasteiger partial charge in [0.2, 0.25) is 0 Å². The zero-order valence-corrected chi connectivity index (χ0v) is 13.6. The number of benzene rings is 2. The molecule has 0 aromatic heterocycles. The fourth-order valence-corrected chi connectivity index (χ4v) is 3.48. The molecule has 25 heavy (non-hydrogen) atoms. The van der Waals surface area contributed by atoms with Crippen LogP contribution in [-0.4, -0.2) is 18.1 Å². The normalized spacial score (nSPS) is 21.6. The van der Waals surface area contributed by atoms with Crippen molar-refractivity contribution in [3.8, 4) is 5.75 Å². The van der Waals surface area contributed by atoms with Gasteiger partial charge in [-0.05, 0) is 36.8 Å². The molecule has 0 spiro atoms. The summed E-state index contributed by atoms with van der Waals surface area (Å²) in [4.78, 5) is 13.1. The van der Waals surface area contributed by atoms with Gasteiger partial charge in [0.25, 0.3) is 0 Å². The predicted molar refractivity (Wildman–Crippen MR) is 83.6 cm³/mol. The van der Waals surface area contributed by atoms with Gasteiger partial charge in [0.05, 0.1) is 17.8 Å². The van der Waals surface area contributed by atoms with Gasteiger partial charge < -0.3 is 9.47 Å². The second-order valence-electron chi connectivity index (χ2n) is 5.89. The van der Waals surface area contributed by atoms with Gasteiger partial charge in [-0.3, -0.25) is 4.90 Å². The van der Waals surface area contributed by atoms with E-state index >= 15 is 0 Å². The van der Waals surface area contributed by atoms with Crippen molar-refractivity contribution in [3.05, 3.63) is 58.1 Å². The van der Waals surface area contributed by atoms with Gasteiger partial charge in [-0.1, -0.05) is 23.7 Å². The Balaban J connectivity index is 1.98. The second kappa shape index (κ2) is 5.05. The molecule has 2 aliphatic rings. The number of esters is 1. The number of rotatable bonds is 0. The fraction of sp³-hybridized carbons (Fsp3) is 0.235. The Labute approximate surface area is 145 Å². The van der Waals surface area contributed by atoms with E-state index in [-0.39, 0.29) is 23.5 Å². The molecule has 2 aliphatic heterocycles. The summed E-state index contributed by atoms with van der Waals surface area (Å²) in [5.41, 5.74) is 1.06. The Kier molecular flexibility index (Phi) is 3.25. The van der Waals surface area contributed by atoms with Crippen molar-refractivity contribution in [2.75, 3.05) is 4.90 Å². The first-order chi connectivity index (χ1) is 11.7. The van der Waals surface area contributed by atoms with Gasteiger partial charge in [0.15, 0.2) is 0 Å². The Bertz CT molecular complexity index is 899. The molecule has 2 heterocycles. The van der Waals surface area contributed by atoms with Crippen LogP contribution in [0.15, 0.2) is 36.4 Å². The summed E-state index contributed by atoms with van der Waals surface area (Å²) < 4.78 is 52.0. The van der Waals surface area contributed by atoms with Crippen LogP contribution in [0.25, 0.3) is 0 Å². The Morgan fingerprint density at radius 3 is 2.64 bits per heavy atom. The number of ether oxygens (including phenoxy) is 2. The molecular formula is C17H11ClF3NO3. The molecule has 0 amide bonds. The summed E-state index contributed by atoms with van der Waals surface area (Å²) in [6.45, 7) is 1.42. The molecule has 0 saturated carbocycles. The van der Waals surface area contributed by atoms with Crippen LogP contribution < -0.4 is 9.64 Å². The fourth-order valence-electron chi connectivity index (χ4n) is 3.18. The molecule has 0 radical (unpaired) electrons. The quantitative estimate of drug-likeness (QED) is 0.644. The van der Waals surface area contributed by atoms with Crippen molar-refractivity contribution in [1.29, 1.82) is 0 Å². The number of alkyl halides is 3. The van der Waals surface area contributed by atoms with Crippen molar-refractivity contribution >= 4 is 23.3 Å². The SMILES string of the molecule is Cc1cc(Cl)cc2c1O[C@@]1(C(F)(F)F)OC(=O)c3ccccc3N1C2. The lowest BCUT2D eigenvalue weighted by atomic mass is 10.0. The summed E-state index contributed by atoms with van der Waals surface area (Å²) in [7, 11) is 0. The minimum Gasteiger partial charge on any atom is -0.428 e. The molecule has 0 bridgehead atoms. The van der Waals surface area contributed by atoms with Crippen LogP contribution in [0.3, 0.4) is 0 Å². The van der Waals surface area contributed by atoms with Gasteiger partial charge in [0, 0.05) is 10.6 Å². The molecule has 1 atom stereocenters. The molecule has 4 nitrogen and oxygen atoms in total. The number of anilines is 1. The van der Waals surface area contributed by atoms with E-state index in [1.54, 1.807) is 25.1 Å². The summed E-state index contributed by atoms with van der Waals surface area (Å²) >= 11 is 6.02. The summed E-state index contributed by atoms with van der Waals surface area (Å²) in [5, 5.41) is 0.390. The third-order valence-electron chi connectivity index (χ3n) is 4.24. The Morgan fingerprint density at radius 2 is 1.92 bits per heavy atom. The minimum atomic E-state index is -4.97. The van der Waals surface area contributed by atoms with Gasteiger partial charge in [-0.15, -0.1) is 0 Å². The molecule has 0 unspecified atom stereocenters. The third-order valence-corrected chi connectivity index (χ3v) is 4.46. The van der Waals surface area contributed by atoms with Crippen molar-refractivity contribution < 1.29 is 27.4 Å². The number of fused-ring (bicyclic) bond motifs is 4. The molecule has 0 fully saturated rings. The van der Waals surface area contributed by atoms with Crippen molar-refractivity contribution in [2.45, 2.75) is 25.6 Å². The van der Waals surface area contributed by atoms with E-state index < -0.39 is 18.1 Å². The van der Waals surface area contributed by atoms with Crippen LogP contribution >= 0.6 is 11.6 Å². The average Bonchev–Trinajstić information content (AvgIpc) is 2.53. The number of hydrogen-bond donors (Lipinski definition) is 0. The molecule has 0 N–H and O–H groups in total. The number of hydrogen-bond acceptors (Lipinski definition) is 4. The number of nitrogens with zero attached hydrogens (tertiary/aromatic N) is 1. The Hall–Kier alpha value is -2.41. The molecule has 4 rings (SSSR count). The summed E-state index contributed by atoms with van der Waals surface area (Å²) in [6, 6.07) is 9.00. The molecule has 2 aromatic carbocycles. The van der Waals surface area contributed by atoms with E-state index in [9.17, 15) is 18.0 Å². The third kappa shape index (κ3) is 2.18. The van der Waals surface area contributed by atoms with Crippen LogP contribution in [0.4, 0.5) is 18.9 Å². The van der Waals surface area contributed by atoms with Gasteiger partial charge >= 0.3 is 18.1 Å². The molecule has 130 valence electrons. The number of para-hydroxylation sites is 1. The zero-order chi connectivity index (χ0) is 18.0. The van der Waals surface area contributed by atoms with Crippen molar-refractivity contribution in [1.82, 2.24) is 0 Å². The second-order valence-corrected chi connectivity index (χ2v) is 6.32. The molecule has 8 heteroatoms. The zero-order valence-electron chi connectivity index (χ0n) is 12.9. The Morgan fingerprint density at radius 1 is 1.20 bits per heavy atom. The highest BCUT2D eigenvalue weighted by atomic mass is 35.5. The first-order valence-electron chi connectivity index (χ1n) is 7.38. The number of carbonyl (C=O) groups is 1. The summed E-state index contributed by atoms with van der Waals surface area (Å²) in [6.07, 6.45) is -4.97. The van der Waals surface area contributed by atoms with Crippen LogP contribution in [0.5, 0.6) is 5.75 Å². The first-order valence-corrected chi connectivity index (χ1v) is 7.75. The maximum atomic E-state index is 14.0. The van der Waals surface area contributed by atoms with Gasteiger partial charge in [0.1, 0.15) is 5.75 Å². The topological polar surface area (TPSA) is 38.8 Å². The number of aryl methyl sites for hydroxylation is 1. The minimum absolute atomic E-state index is 0.0187. The van der Waals surface area contributed by atoms with Crippen LogP contribution in [0.1, 0.15) is 21.5 Å². The van der Waals surface area contributed by atoms with E-state index in [2.05, 4.69) is 0 Å². The smallest absolute Gasteiger partial charge is 0.428 e. The monoisotopic (exact) mass is 369 g/mol. The van der Waals surface area contributed by atoms with Crippen LogP contribution in [0.2, 0.25) is 5.02 Å². The highest BCUT2D eigenvalue weighted by Crippen LogP contribution is 2.50. The standard InChI is InChI=1S/C17H11ClF3NO3/c1-9-6-11(18)7-10-8-22-13-5-3-2-4-12(13)15(23)25-17(22,16(19,20)21)24-14(9)10/h2-7H,8H2,1H3/t17-/m0/s1. The lowest BCUT2D eigenvalue weighted by Crippen LogP contribution is -2.69. The lowest BCUT2D eigenvalue weighted by molar-refractivity contribution is -0.337. The van der Waals surface area contributed by atoms with E-state index in [1.165, 1.54) is 18.2 Å². The van der Waals surface area contributed by atoms with E-state index in [4.69, 9.17) is 21.1 Å². The highest BCUT2D eigenvalue weighted by Gasteiger charge is 2.70. The maximum Gasteiger partial charge on any atom is 0.492 e. The maximum absolute atomic E-state index is 14.0. The lowest BCUT2D eigenvalue weighted by Gasteiger charge is -2.49. The number of carbonyl (C=O) groups excluding carboxylic acids is 1. The van der Waals surface area contributed by atoms with E-state index in [0.717, 1.165) is 4.90 Å². The van der Waals surface area contributed by atoms with Gasteiger partial charge in [-0.25, -0.2) is 4.79 Å². The number of halogens is 4.